The van der Waals surface area contributed by atoms with Crippen LogP contribution in [0.5, 0.6) is 0 Å². The molecule has 2 aromatic carbocycles. The minimum Gasteiger partial charge on any atom is -0.398 e. The van der Waals surface area contributed by atoms with Crippen LogP contribution in [0.4, 0.5) is 11.4 Å². The molecular formula is C14H8BrClN2O2. The zero-order chi connectivity index (χ0) is 14.4. The Morgan fingerprint density at radius 1 is 1.10 bits per heavy atom. The van der Waals surface area contributed by atoms with E-state index in [1.807, 2.05) is 0 Å². The Balaban J connectivity index is 2.17. The molecule has 20 heavy (non-hydrogen) atoms. The molecule has 2 aromatic rings. The van der Waals surface area contributed by atoms with Gasteiger partial charge in [0.05, 0.1) is 16.8 Å². The molecule has 0 aromatic heterocycles. The third-order valence-electron chi connectivity index (χ3n) is 3.10. The van der Waals surface area contributed by atoms with Gasteiger partial charge in [-0.25, -0.2) is 4.90 Å². The summed E-state index contributed by atoms with van der Waals surface area (Å²) >= 11 is 9.19. The minimum absolute atomic E-state index is 0.249. The average Bonchev–Trinajstić information content (AvgIpc) is 2.64. The van der Waals surface area contributed by atoms with E-state index in [0.29, 0.717) is 26.4 Å². The quantitative estimate of drug-likeness (QED) is 0.632. The summed E-state index contributed by atoms with van der Waals surface area (Å²) in [7, 11) is 0. The highest BCUT2D eigenvalue weighted by atomic mass is 79.9. The number of rotatable bonds is 1. The van der Waals surface area contributed by atoms with Crippen LogP contribution in [-0.4, -0.2) is 11.8 Å². The lowest BCUT2D eigenvalue weighted by atomic mass is 10.1. The number of nitrogen functional groups attached to an aromatic ring is 1. The number of amides is 2. The van der Waals surface area contributed by atoms with Gasteiger partial charge in [-0.3, -0.25) is 9.59 Å². The second-order valence-electron chi connectivity index (χ2n) is 4.31. The Kier molecular flexibility index (Phi) is 3.03. The number of carbonyl (C=O) groups excluding carboxylic acids is 2. The largest absolute Gasteiger partial charge is 0.398 e. The summed E-state index contributed by atoms with van der Waals surface area (Å²) in [6.45, 7) is 0. The first-order valence-corrected chi connectivity index (χ1v) is 6.90. The van der Waals surface area contributed by atoms with Crippen molar-refractivity contribution in [2.75, 3.05) is 10.6 Å². The SMILES string of the molecule is Nc1cccc2c1C(=O)N(c1ccc(Cl)cc1Br)C2=O. The molecule has 1 aliphatic heterocycles. The number of carbonyl (C=O) groups is 2. The van der Waals surface area contributed by atoms with E-state index in [1.54, 1.807) is 36.4 Å². The van der Waals surface area contributed by atoms with Gasteiger partial charge in [0.2, 0.25) is 0 Å². The van der Waals surface area contributed by atoms with Crippen molar-refractivity contribution in [1.29, 1.82) is 0 Å². The van der Waals surface area contributed by atoms with Crippen LogP contribution in [-0.2, 0) is 0 Å². The van der Waals surface area contributed by atoms with Gasteiger partial charge in [0.25, 0.3) is 11.8 Å². The number of halogens is 2. The van der Waals surface area contributed by atoms with E-state index < -0.39 is 5.91 Å². The van der Waals surface area contributed by atoms with Crippen LogP contribution in [0.3, 0.4) is 0 Å². The van der Waals surface area contributed by atoms with Gasteiger partial charge < -0.3 is 5.73 Å². The summed E-state index contributed by atoms with van der Waals surface area (Å²) in [6.07, 6.45) is 0. The summed E-state index contributed by atoms with van der Waals surface area (Å²) in [4.78, 5) is 25.9. The van der Waals surface area contributed by atoms with Crippen molar-refractivity contribution in [2.45, 2.75) is 0 Å². The Morgan fingerprint density at radius 3 is 2.50 bits per heavy atom. The minimum atomic E-state index is -0.425. The Labute approximate surface area is 128 Å². The molecule has 0 saturated carbocycles. The Bertz CT molecular complexity index is 761. The molecule has 6 heteroatoms. The number of hydrogen-bond donors (Lipinski definition) is 1. The van der Waals surface area contributed by atoms with Crippen LogP contribution in [0.1, 0.15) is 20.7 Å². The molecule has 100 valence electrons. The number of nitrogens with zero attached hydrogens (tertiary/aromatic N) is 1. The fourth-order valence-corrected chi connectivity index (χ4v) is 3.05. The Morgan fingerprint density at radius 2 is 1.85 bits per heavy atom. The van der Waals surface area contributed by atoms with E-state index in [-0.39, 0.29) is 11.5 Å². The van der Waals surface area contributed by atoms with Crippen LogP contribution >= 0.6 is 27.5 Å². The molecule has 2 N–H and O–H groups in total. The molecular weight excluding hydrogens is 344 g/mol. The van der Waals surface area contributed by atoms with Crippen molar-refractivity contribution in [1.82, 2.24) is 0 Å². The highest BCUT2D eigenvalue weighted by Crippen LogP contribution is 2.36. The zero-order valence-electron chi connectivity index (χ0n) is 10.1. The van der Waals surface area contributed by atoms with Gasteiger partial charge in [0.15, 0.2) is 0 Å². The molecule has 3 rings (SSSR count). The van der Waals surface area contributed by atoms with Gasteiger partial charge in [-0.2, -0.15) is 0 Å². The molecule has 0 atom stereocenters. The summed E-state index contributed by atoms with van der Waals surface area (Å²) in [5.74, 6) is -0.813. The molecule has 1 heterocycles. The number of fused-ring (bicyclic) bond motifs is 1. The van der Waals surface area contributed by atoms with E-state index in [0.717, 1.165) is 4.90 Å². The molecule has 0 unspecified atom stereocenters. The average molecular weight is 352 g/mol. The summed E-state index contributed by atoms with van der Waals surface area (Å²) in [5.41, 5.74) is 7.10. The van der Waals surface area contributed by atoms with Gasteiger partial charge in [0.1, 0.15) is 0 Å². The standard InChI is InChI=1S/C14H8BrClN2O2/c15-9-6-7(16)4-5-11(9)18-13(19)8-2-1-3-10(17)12(8)14(18)20/h1-6H,17H2. The molecule has 0 saturated heterocycles. The smallest absolute Gasteiger partial charge is 0.268 e. The zero-order valence-corrected chi connectivity index (χ0v) is 12.4. The van der Waals surface area contributed by atoms with E-state index in [4.69, 9.17) is 17.3 Å². The van der Waals surface area contributed by atoms with Crippen molar-refractivity contribution in [3.63, 3.8) is 0 Å². The summed E-state index contributed by atoms with van der Waals surface area (Å²) < 4.78 is 0.568. The van der Waals surface area contributed by atoms with Crippen molar-refractivity contribution >= 4 is 50.7 Å². The number of hydrogen-bond acceptors (Lipinski definition) is 3. The van der Waals surface area contributed by atoms with Gasteiger partial charge in [0, 0.05) is 15.2 Å². The van der Waals surface area contributed by atoms with Gasteiger partial charge in [-0.1, -0.05) is 17.7 Å². The lowest BCUT2D eigenvalue weighted by molar-refractivity contribution is 0.0926. The van der Waals surface area contributed by atoms with Crippen LogP contribution in [0.25, 0.3) is 0 Å². The lowest BCUT2D eigenvalue weighted by Gasteiger charge is -2.15. The van der Waals surface area contributed by atoms with Crippen LogP contribution in [0.15, 0.2) is 40.9 Å². The first-order chi connectivity index (χ1) is 9.50. The van der Waals surface area contributed by atoms with Crippen LogP contribution in [0, 0.1) is 0 Å². The normalized spacial score (nSPS) is 13.8. The highest BCUT2D eigenvalue weighted by Gasteiger charge is 2.38. The number of nitrogens with two attached hydrogens (primary N) is 1. The van der Waals surface area contributed by atoms with E-state index >= 15 is 0 Å². The van der Waals surface area contributed by atoms with Gasteiger partial charge in [-0.15, -0.1) is 0 Å². The Hall–Kier alpha value is -1.85. The molecule has 1 aliphatic rings. The second kappa shape index (κ2) is 4.61. The fraction of sp³-hybridized carbons (Fsp3) is 0. The van der Waals surface area contributed by atoms with Crippen LogP contribution in [0.2, 0.25) is 5.02 Å². The van der Waals surface area contributed by atoms with E-state index in [1.165, 1.54) is 0 Å². The topological polar surface area (TPSA) is 63.4 Å². The maximum absolute atomic E-state index is 12.4. The predicted octanol–water partition coefficient (Wildman–Crippen LogP) is 3.49. The molecule has 0 spiro atoms. The third-order valence-corrected chi connectivity index (χ3v) is 3.97. The van der Waals surface area contributed by atoms with E-state index in [9.17, 15) is 9.59 Å². The first-order valence-electron chi connectivity index (χ1n) is 5.73. The van der Waals surface area contributed by atoms with Crippen molar-refractivity contribution in [2.24, 2.45) is 0 Å². The highest BCUT2D eigenvalue weighted by molar-refractivity contribution is 9.10. The first kappa shape index (κ1) is 13.1. The fourth-order valence-electron chi connectivity index (χ4n) is 2.19. The van der Waals surface area contributed by atoms with Gasteiger partial charge in [-0.05, 0) is 46.3 Å². The van der Waals surface area contributed by atoms with E-state index in [2.05, 4.69) is 15.9 Å². The summed E-state index contributed by atoms with van der Waals surface area (Å²) in [5, 5.41) is 0.511. The maximum atomic E-state index is 12.4. The molecule has 2 amide bonds. The summed E-state index contributed by atoms with van der Waals surface area (Å²) in [6, 6.07) is 9.71. The lowest BCUT2D eigenvalue weighted by Crippen LogP contribution is -2.29. The number of anilines is 2. The predicted molar refractivity (Wildman–Crippen MR) is 81.1 cm³/mol. The molecule has 0 radical (unpaired) electrons. The molecule has 0 fully saturated rings. The molecule has 4 nitrogen and oxygen atoms in total. The maximum Gasteiger partial charge on any atom is 0.268 e. The molecule has 0 bridgehead atoms. The number of imide groups is 1. The molecule has 0 aliphatic carbocycles. The second-order valence-corrected chi connectivity index (χ2v) is 5.60. The van der Waals surface area contributed by atoms with Crippen LogP contribution < -0.4 is 10.6 Å². The van der Waals surface area contributed by atoms with Crippen molar-refractivity contribution in [3.8, 4) is 0 Å². The van der Waals surface area contributed by atoms with Crippen molar-refractivity contribution < 1.29 is 9.59 Å². The van der Waals surface area contributed by atoms with Crippen molar-refractivity contribution in [3.05, 3.63) is 57.0 Å². The monoisotopic (exact) mass is 350 g/mol. The third kappa shape index (κ3) is 1.82. The number of benzene rings is 2. The van der Waals surface area contributed by atoms with Gasteiger partial charge >= 0.3 is 0 Å².